The summed E-state index contributed by atoms with van der Waals surface area (Å²) in [5, 5.41) is 13.8. The molecule has 0 aliphatic carbocycles. The summed E-state index contributed by atoms with van der Waals surface area (Å²) in [5.41, 5.74) is 0.982. The third-order valence-corrected chi connectivity index (χ3v) is 1.63. The maximum Gasteiger partial charge on any atom is 0.101 e. The molecule has 0 saturated heterocycles. The van der Waals surface area contributed by atoms with Gasteiger partial charge in [0.15, 0.2) is 0 Å². The van der Waals surface area contributed by atoms with Gasteiger partial charge in [-0.2, -0.15) is 5.10 Å². The molecule has 0 aliphatic rings. The number of nitrogens with zero attached hydrogens (tertiary/aromatic N) is 2. The van der Waals surface area contributed by atoms with Crippen LogP contribution in [0.3, 0.4) is 0 Å². The quantitative estimate of drug-likeness (QED) is 0.724. The van der Waals surface area contributed by atoms with E-state index in [4.69, 9.17) is 0 Å². The average molecular weight is 184 g/mol. The van der Waals surface area contributed by atoms with Crippen molar-refractivity contribution in [2.45, 2.75) is 40.2 Å². The molecule has 13 heavy (non-hydrogen) atoms. The Morgan fingerprint density at radius 2 is 1.85 bits per heavy atom. The zero-order chi connectivity index (χ0) is 10.6. The van der Waals surface area contributed by atoms with E-state index < -0.39 is 5.60 Å². The van der Waals surface area contributed by atoms with Crippen molar-refractivity contribution in [1.29, 1.82) is 0 Å². The van der Waals surface area contributed by atoms with Crippen LogP contribution in [-0.4, -0.2) is 14.9 Å². The van der Waals surface area contributed by atoms with Crippen LogP contribution >= 0.6 is 0 Å². The second-order valence-electron chi connectivity index (χ2n) is 3.35. The summed E-state index contributed by atoms with van der Waals surface area (Å²) in [6.07, 6.45) is 0. The van der Waals surface area contributed by atoms with Gasteiger partial charge in [0.2, 0.25) is 0 Å². The molecule has 0 fully saturated rings. The molecule has 0 aliphatic heterocycles. The van der Waals surface area contributed by atoms with E-state index >= 15 is 0 Å². The monoisotopic (exact) mass is 184 g/mol. The van der Waals surface area contributed by atoms with E-state index in [0.717, 1.165) is 11.4 Å². The number of rotatable bonds is 1. The first-order valence-electron chi connectivity index (χ1n) is 4.65. The number of aromatic nitrogens is 2. The zero-order valence-corrected chi connectivity index (χ0v) is 9.42. The fraction of sp³-hybridized carbons (Fsp3) is 0.700. The molecule has 1 heterocycles. The van der Waals surface area contributed by atoms with E-state index in [0.29, 0.717) is 0 Å². The Morgan fingerprint density at radius 1 is 1.38 bits per heavy atom. The first-order valence-corrected chi connectivity index (χ1v) is 4.65. The highest BCUT2D eigenvalue weighted by Gasteiger charge is 2.20. The third-order valence-electron chi connectivity index (χ3n) is 1.63. The molecule has 0 aromatic carbocycles. The fourth-order valence-electron chi connectivity index (χ4n) is 1.18. The van der Waals surface area contributed by atoms with Gasteiger partial charge in [0.1, 0.15) is 5.60 Å². The van der Waals surface area contributed by atoms with Gasteiger partial charge in [0, 0.05) is 7.05 Å². The first kappa shape index (κ1) is 12.2. The summed E-state index contributed by atoms with van der Waals surface area (Å²) in [4.78, 5) is 0. The summed E-state index contributed by atoms with van der Waals surface area (Å²) in [5.74, 6) is 0. The van der Waals surface area contributed by atoms with Crippen molar-refractivity contribution in [2.24, 2.45) is 7.05 Å². The molecular weight excluding hydrogens is 164 g/mol. The molecule has 0 unspecified atom stereocenters. The highest BCUT2D eigenvalue weighted by atomic mass is 16.3. The number of aliphatic hydroxyl groups is 1. The van der Waals surface area contributed by atoms with Crippen molar-refractivity contribution in [2.75, 3.05) is 0 Å². The minimum Gasteiger partial charge on any atom is -0.384 e. The molecular formula is C10H20N2O. The lowest BCUT2D eigenvalue weighted by molar-refractivity contribution is 0.0696. The second-order valence-corrected chi connectivity index (χ2v) is 3.35. The van der Waals surface area contributed by atoms with E-state index in [2.05, 4.69) is 5.10 Å². The molecule has 3 heteroatoms. The number of aryl methyl sites for hydroxylation is 2. The van der Waals surface area contributed by atoms with Crippen LogP contribution in [0.2, 0.25) is 0 Å². The zero-order valence-electron chi connectivity index (χ0n) is 9.42. The van der Waals surface area contributed by atoms with E-state index in [1.54, 1.807) is 18.5 Å². The molecule has 1 N–H and O–H groups in total. The largest absolute Gasteiger partial charge is 0.384 e. The Bertz CT molecular complexity index is 258. The summed E-state index contributed by atoms with van der Waals surface area (Å²) in [7, 11) is 1.83. The predicted octanol–water partition coefficient (Wildman–Crippen LogP) is 1.98. The smallest absolute Gasteiger partial charge is 0.101 e. The van der Waals surface area contributed by atoms with Crippen LogP contribution in [0, 0.1) is 6.92 Å². The Kier molecular flexibility index (Phi) is 4.14. The predicted molar refractivity (Wildman–Crippen MR) is 54.5 cm³/mol. The molecule has 0 saturated carbocycles. The Balaban J connectivity index is 0.000000671. The van der Waals surface area contributed by atoms with Gasteiger partial charge in [-0.25, -0.2) is 0 Å². The summed E-state index contributed by atoms with van der Waals surface area (Å²) < 4.78 is 1.70. The van der Waals surface area contributed by atoms with Crippen LogP contribution in [0.1, 0.15) is 39.1 Å². The minimum atomic E-state index is -0.796. The molecule has 0 spiro atoms. The Morgan fingerprint density at radius 3 is 2.00 bits per heavy atom. The van der Waals surface area contributed by atoms with Gasteiger partial charge in [-0.1, -0.05) is 13.8 Å². The molecule has 1 aromatic rings. The number of hydrogen-bond acceptors (Lipinski definition) is 2. The normalized spacial score (nSPS) is 10.7. The van der Waals surface area contributed by atoms with Crippen molar-refractivity contribution in [3.05, 3.63) is 17.5 Å². The molecule has 1 aromatic heterocycles. The van der Waals surface area contributed by atoms with Crippen LogP contribution in [0.5, 0.6) is 0 Å². The topological polar surface area (TPSA) is 38.0 Å². The van der Waals surface area contributed by atoms with Crippen LogP contribution in [0.4, 0.5) is 0 Å². The van der Waals surface area contributed by atoms with Crippen molar-refractivity contribution >= 4 is 0 Å². The second kappa shape index (κ2) is 4.42. The van der Waals surface area contributed by atoms with Gasteiger partial charge >= 0.3 is 0 Å². The van der Waals surface area contributed by atoms with Crippen LogP contribution in [-0.2, 0) is 12.6 Å². The Hall–Kier alpha value is -0.830. The highest BCUT2D eigenvalue weighted by Crippen LogP contribution is 2.18. The first-order chi connectivity index (χ1) is 5.91. The number of hydrogen-bond donors (Lipinski definition) is 1. The van der Waals surface area contributed by atoms with Gasteiger partial charge < -0.3 is 5.11 Å². The lowest BCUT2D eigenvalue weighted by Gasteiger charge is -2.16. The Labute approximate surface area is 80.4 Å². The van der Waals surface area contributed by atoms with Gasteiger partial charge in [-0.05, 0) is 26.8 Å². The molecule has 3 nitrogen and oxygen atoms in total. The average Bonchev–Trinajstić information content (AvgIpc) is 2.33. The van der Waals surface area contributed by atoms with E-state index in [1.807, 2.05) is 33.9 Å². The molecule has 0 radical (unpaired) electrons. The minimum absolute atomic E-state index is 0.796. The van der Waals surface area contributed by atoms with Gasteiger partial charge in [0.05, 0.1) is 11.4 Å². The maximum atomic E-state index is 9.62. The fourth-order valence-corrected chi connectivity index (χ4v) is 1.18. The van der Waals surface area contributed by atoms with E-state index in [1.165, 1.54) is 0 Å². The van der Waals surface area contributed by atoms with Gasteiger partial charge in [-0.3, -0.25) is 4.68 Å². The summed E-state index contributed by atoms with van der Waals surface area (Å²) >= 11 is 0. The third kappa shape index (κ3) is 3.19. The maximum absolute atomic E-state index is 9.62. The molecule has 0 amide bonds. The van der Waals surface area contributed by atoms with Crippen molar-refractivity contribution in [1.82, 2.24) is 9.78 Å². The van der Waals surface area contributed by atoms with Crippen molar-refractivity contribution < 1.29 is 5.11 Å². The van der Waals surface area contributed by atoms with Crippen molar-refractivity contribution in [3.8, 4) is 0 Å². The molecule has 1 rings (SSSR count). The van der Waals surface area contributed by atoms with Crippen LogP contribution in [0.25, 0.3) is 0 Å². The SMILES string of the molecule is CC.Cc1cc(C(C)(C)O)n(C)n1. The lowest BCUT2D eigenvalue weighted by atomic mass is 10.1. The standard InChI is InChI=1S/C8H14N2O.C2H6/c1-6-5-7(8(2,3)11)10(4)9-6;1-2/h5,11H,1-4H3;1-2H3. The molecule has 0 atom stereocenters. The highest BCUT2D eigenvalue weighted by molar-refractivity contribution is 5.14. The van der Waals surface area contributed by atoms with E-state index in [9.17, 15) is 5.11 Å². The summed E-state index contributed by atoms with van der Waals surface area (Å²) in [6.45, 7) is 9.42. The van der Waals surface area contributed by atoms with Gasteiger partial charge in [-0.15, -0.1) is 0 Å². The summed E-state index contributed by atoms with van der Waals surface area (Å²) in [6, 6.07) is 1.89. The van der Waals surface area contributed by atoms with Crippen molar-refractivity contribution in [3.63, 3.8) is 0 Å². The van der Waals surface area contributed by atoms with Crippen LogP contribution < -0.4 is 0 Å². The van der Waals surface area contributed by atoms with E-state index in [-0.39, 0.29) is 0 Å². The molecule has 0 bridgehead atoms. The van der Waals surface area contributed by atoms with Crippen LogP contribution in [0.15, 0.2) is 6.07 Å². The van der Waals surface area contributed by atoms with Gasteiger partial charge in [0.25, 0.3) is 0 Å². The lowest BCUT2D eigenvalue weighted by Crippen LogP contribution is -2.19. The molecule has 76 valence electrons.